The maximum Gasteiger partial charge on any atom is 0.263 e. The van der Waals surface area contributed by atoms with Crippen molar-refractivity contribution in [3.05, 3.63) is 29.3 Å². The molecule has 5 nitrogen and oxygen atoms in total. The second kappa shape index (κ2) is 3.82. The lowest BCUT2D eigenvalue weighted by atomic mass is 10.0. The van der Waals surface area contributed by atoms with Crippen LogP contribution in [-0.4, -0.2) is 23.3 Å². The third-order valence-corrected chi connectivity index (χ3v) is 3.94. The van der Waals surface area contributed by atoms with E-state index in [1.165, 1.54) is 4.90 Å². The Hall–Kier alpha value is -2.35. The summed E-state index contributed by atoms with van der Waals surface area (Å²) in [6, 6.07) is 7.05. The van der Waals surface area contributed by atoms with E-state index in [0.29, 0.717) is 29.8 Å². The molecule has 5 heteroatoms. The number of nitriles is 1. The van der Waals surface area contributed by atoms with Crippen molar-refractivity contribution in [2.24, 2.45) is 5.41 Å². The Labute approximate surface area is 110 Å². The van der Waals surface area contributed by atoms with E-state index in [-0.39, 0.29) is 17.2 Å². The number of hydrogen-bond donors (Lipinski definition) is 1. The Bertz CT molecular complexity index is 626. The van der Waals surface area contributed by atoms with Crippen LogP contribution >= 0.6 is 0 Å². The van der Waals surface area contributed by atoms with E-state index >= 15 is 0 Å². The van der Waals surface area contributed by atoms with Gasteiger partial charge in [-0.05, 0) is 25.0 Å². The number of fused-ring (bicyclic) bond motifs is 1. The maximum atomic E-state index is 12.3. The standard InChI is InChI=1S/C14H13N3O2/c15-7-6-14(4-5-14)8-17-12(18)9-2-1-3-10(16)11(9)13(17)19/h1-3H,4-6,8,16H2. The van der Waals surface area contributed by atoms with Gasteiger partial charge < -0.3 is 5.73 Å². The Morgan fingerprint density at radius 1 is 1.32 bits per heavy atom. The van der Waals surface area contributed by atoms with Gasteiger partial charge in [-0.25, -0.2) is 0 Å². The number of nitrogens with two attached hydrogens (primary N) is 1. The number of nitrogen functional groups attached to an aromatic ring is 1. The van der Waals surface area contributed by atoms with Crippen LogP contribution in [0.4, 0.5) is 5.69 Å². The highest BCUT2D eigenvalue weighted by atomic mass is 16.2. The van der Waals surface area contributed by atoms with E-state index in [4.69, 9.17) is 11.0 Å². The molecule has 0 atom stereocenters. The normalized spacial score (nSPS) is 19.2. The summed E-state index contributed by atoms with van der Waals surface area (Å²) in [6.45, 7) is 0.326. The second-order valence-electron chi connectivity index (χ2n) is 5.30. The molecule has 0 radical (unpaired) electrons. The molecule has 0 spiro atoms. The maximum absolute atomic E-state index is 12.3. The van der Waals surface area contributed by atoms with Crippen molar-refractivity contribution in [3.63, 3.8) is 0 Å². The van der Waals surface area contributed by atoms with Crippen LogP contribution in [0.15, 0.2) is 18.2 Å². The van der Waals surface area contributed by atoms with E-state index < -0.39 is 0 Å². The monoisotopic (exact) mass is 255 g/mol. The zero-order valence-electron chi connectivity index (χ0n) is 10.3. The van der Waals surface area contributed by atoms with Crippen LogP contribution in [0.1, 0.15) is 40.0 Å². The summed E-state index contributed by atoms with van der Waals surface area (Å²) in [4.78, 5) is 25.8. The number of nitrogens with zero attached hydrogens (tertiary/aromatic N) is 2. The number of imide groups is 1. The number of amides is 2. The smallest absolute Gasteiger partial charge is 0.263 e. The molecule has 1 aromatic rings. The summed E-state index contributed by atoms with van der Waals surface area (Å²) in [7, 11) is 0. The largest absolute Gasteiger partial charge is 0.398 e. The van der Waals surface area contributed by atoms with Gasteiger partial charge in [0.1, 0.15) is 0 Å². The molecule has 1 aliphatic heterocycles. The van der Waals surface area contributed by atoms with E-state index in [0.717, 1.165) is 12.8 Å². The molecule has 0 aromatic heterocycles. The van der Waals surface area contributed by atoms with Gasteiger partial charge >= 0.3 is 0 Å². The van der Waals surface area contributed by atoms with Crippen molar-refractivity contribution in [1.82, 2.24) is 4.90 Å². The van der Waals surface area contributed by atoms with Gasteiger partial charge in [0.25, 0.3) is 11.8 Å². The molecule has 96 valence electrons. The molecular formula is C14H13N3O2. The number of carbonyl (C=O) groups excluding carboxylic acids is 2. The zero-order valence-corrected chi connectivity index (χ0v) is 10.3. The minimum Gasteiger partial charge on any atom is -0.398 e. The first kappa shape index (κ1) is 11.7. The highest BCUT2D eigenvalue weighted by molar-refractivity contribution is 6.23. The Kier molecular flexibility index (Phi) is 2.36. The second-order valence-corrected chi connectivity index (χ2v) is 5.30. The van der Waals surface area contributed by atoms with Crippen LogP contribution in [0, 0.1) is 16.7 Å². The number of rotatable bonds is 3. The quantitative estimate of drug-likeness (QED) is 0.655. The number of hydrogen-bond acceptors (Lipinski definition) is 4. The van der Waals surface area contributed by atoms with Gasteiger partial charge in [0.15, 0.2) is 0 Å². The van der Waals surface area contributed by atoms with E-state index in [1.807, 2.05) is 0 Å². The minimum atomic E-state index is -0.331. The molecule has 19 heavy (non-hydrogen) atoms. The van der Waals surface area contributed by atoms with Gasteiger partial charge in [-0.15, -0.1) is 0 Å². The molecule has 1 heterocycles. The summed E-state index contributed by atoms with van der Waals surface area (Å²) >= 11 is 0. The van der Waals surface area contributed by atoms with Crippen molar-refractivity contribution in [3.8, 4) is 6.07 Å². The number of carbonyl (C=O) groups is 2. The first-order valence-corrected chi connectivity index (χ1v) is 6.20. The predicted octanol–water partition coefficient (Wildman–Crippen LogP) is 1.56. The van der Waals surface area contributed by atoms with Crippen molar-refractivity contribution < 1.29 is 9.59 Å². The average molecular weight is 255 g/mol. The van der Waals surface area contributed by atoms with Crippen molar-refractivity contribution in [2.75, 3.05) is 12.3 Å². The van der Waals surface area contributed by atoms with Gasteiger partial charge in [-0.2, -0.15) is 5.26 Å². The predicted molar refractivity (Wildman–Crippen MR) is 68.1 cm³/mol. The van der Waals surface area contributed by atoms with Gasteiger partial charge in [0.05, 0.1) is 17.2 Å². The Morgan fingerprint density at radius 3 is 2.63 bits per heavy atom. The summed E-state index contributed by atoms with van der Waals surface area (Å²) in [5.74, 6) is -0.626. The third-order valence-electron chi connectivity index (χ3n) is 3.94. The third kappa shape index (κ3) is 1.68. The molecular weight excluding hydrogens is 242 g/mol. The SMILES string of the molecule is N#CCC1(CN2C(=O)c3cccc(N)c3C2=O)CC1. The highest BCUT2D eigenvalue weighted by Crippen LogP contribution is 2.50. The zero-order chi connectivity index (χ0) is 13.6. The Balaban J connectivity index is 1.92. The molecule has 0 unspecified atom stereocenters. The average Bonchev–Trinajstić information content (AvgIpc) is 3.09. The first-order chi connectivity index (χ1) is 9.08. The molecule has 2 aliphatic rings. The lowest BCUT2D eigenvalue weighted by Gasteiger charge is -2.19. The van der Waals surface area contributed by atoms with Crippen LogP contribution in [0.25, 0.3) is 0 Å². The summed E-state index contributed by atoms with van der Waals surface area (Å²) in [5, 5.41) is 8.81. The van der Waals surface area contributed by atoms with Crippen LogP contribution in [0.3, 0.4) is 0 Å². The Morgan fingerprint density at radius 2 is 2.05 bits per heavy atom. The van der Waals surface area contributed by atoms with Gasteiger partial charge in [0.2, 0.25) is 0 Å². The van der Waals surface area contributed by atoms with Gasteiger partial charge in [-0.3, -0.25) is 14.5 Å². The van der Waals surface area contributed by atoms with Crippen LogP contribution in [0.2, 0.25) is 0 Å². The number of anilines is 1. The molecule has 2 N–H and O–H groups in total. The van der Waals surface area contributed by atoms with E-state index in [9.17, 15) is 9.59 Å². The fourth-order valence-corrected chi connectivity index (χ4v) is 2.57. The first-order valence-electron chi connectivity index (χ1n) is 6.20. The highest BCUT2D eigenvalue weighted by Gasteiger charge is 2.48. The van der Waals surface area contributed by atoms with Gasteiger partial charge in [0, 0.05) is 24.1 Å². The fourth-order valence-electron chi connectivity index (χ4n) is 2.57. The number of benzene rings is 1. The molecule has 2 amide bonds. The fraction of sp³-hybridized carbons (Fsp3) is 0.357. The molecule has 1 aromatic carbocycles. The molecule has 1 aliphatic carbocycles. The van der Waals surface area contributed by atoms with Gasteiger partial charge in [-0.1, -0.05) is 6.07 Å². The van der Waals surface area contributed by atoms with Crippen LogP contribution in [-0.2, 0) is 0 Å². The summed E-state index contributed by atoms with van der Waals surface area (Å²) in [6.07, 6.45) is 2.17. The minimum absolute atomic E-state index is 0.184. The summed E-state index contributed by atoms with van der Waals surface area (Å²) < 4.78 is 0. The molecule has 3 rings (SSSR count). The molecule has 1 fully saturated rings. The topological polar surface area (TPSA) is 87.2 Å². The van der Waals surface area contributed by atoms with Crippen LogP contribution in [0.5, 0.6) is 0 Å². The molecule has 1 saturated carbocycles. The van der Waals surface area contributed by atoms with E-state index in [1.54, 1.807) is 18.2 Å². The van der Waals surface area contributed by atoms with Crippen LogP contribution < -0.4 is 5.73 Å². The molecule has 0 bridgehead atoms. The van der Waals surface area contributed by atoms with Crippen molar-refractivity contribution in [1.29, 1.82) is 5.26 Å². The summed E-state index contributed by atoms with van der Waals surface area (Å²) in [5.41, 5.74) is 6.60. The molecule has 0 saturated heterocycles. The lowest BCUT2D eigenvalue weighted by molar-refractivity contribution is 0.0621. The van der Waals surface area contributed by atoms with E-state index in [2.05, 4.69) is 6.07 Å². The lowest BCUT2D eigenvalue weighted by Crippen LogP contribution is -2.35. The van der Waals surface area contributed by atoms with Crippen molar-refractivity contribution in [2.45, 2.75) is 19.3 Å². The van der Waals surface area contributed by atoms with Crippen molar-refractivity contribution >= 4 is 17.5 Å².